The summed E-state index contributed by atoms with van der Waals surface area (Å²) in [6.45, 7) is 4.11. The van der Waals surface area contributed by atoms with Gasteiger partial charge in [-0.2, -0.15) is 0 Å². The number of carbonyl (C=O) groups excluding carboxylic acids is 1. The molecule has 0 aliphatic carbocycles. The molecule has 0 saturated carbocycles. The van der Waals surface area contributed by atoms with Crippen molar-refractivity contribution in [2.75, 3.05) is 5.32 Å². The molecule has 3 rings (SSSR count). The first-order valence-corrected chi connectivity index (χ1v) is 8.21. The predicted molar refractivity (Wildman–Crippen MR) is 96.5 cm³/mol. The number of furan rings is 1. The lowest BCUT2D eigenvalue weighted by atomic mass is 10.1. The number of anilines is 1. The number of carbonyl (C=O) groups is 1. The second-order valence-electron chi connectivity index (χ2n) is 6.08. The Morgan fingerprint density at radius 3 is 2.76 bits per heavy atom. The molecule has 1 amide bonds. The maximum atomic E-state index is 12.7. The summed E-state index contributed by atoms with van der Waals surface area (Å²) in [7, 11) is 0. The first kappa shape index (κ1) is 17.2. The van der Waals surface area contributed by atoms with Gasteiger partial charge in [0, 0.05) is 16.6 Å². The molecule has 0 aliphatic rings. The van der Waals surface area contributed by atoms with Crippen LogP contribution in [0.15, 0.2) is 52.9 Å². The van der Waals surface area contributed by atoms with Crippen molar-refractivity contribution < 1.29 is 19.1 Å². The van der Waals surface area contributed by atoms with Gasteiger partial charge in [-0.25, -0.2) is 0 Å². The molecule has 0 bridgehead atoms. The summed E-state index contributed by atoms with van der Waals surface area (Å²) >= 11 is 0. The molecule has 0 unspecified atom stereocenters. The van der Waals surface area contributed by atoms with Gasteiger partial charge < -0.3 is 19.6 Å². The van der Waals surface area contributed by atoms with Crippen molar-refractivity contribution in [1.82, 2.24) is 0 Å². The molecule has 2 aromatic carbocycles. The largest absolute Gasteiger partial charge is 0.451 e. The van der Waals surface area contributed by atoms with Crippen LogP contribution in [0.4, 0.5) is 5.69 Å². The molecule has 130 valence electrons. The molecule has 0 spiro atoms. The van der Waals surface area contributed by atoms with Crippen LogP contribution in [-0.2, 0) is 18.0 Å². The summed E-state index contributed by atoms with van der Waals surface area (Å²) in [5.74, 6) is -0.0927. The number of fused-ring (bicyclic) bond motifs is 1. The van der Waals surface area contributed by atoms with Crippen LogP contribution in [0.3, 0.4) is 0 Å². The monoisotopic (exact) mass is 339 g/mol. The maximum Gasteiger partial charge on any atom is 0.291 e. The number of para-hydroxylation sites is 1. The zero-order chi connectivity index (χ0) is 17.8. The molecule has 25 heavy (non-hydrogen) atoms. The second kappa shape index (κ2) is 7.51. The number of benzene rings is 2. The van der Waals surface area contributed by atoms with Gasteiger partial charge in [-0.1, -0.05) is 30.3 Å². The summed E-state index contributed by atoms with van der Waals surface area (Å²) in [5, 5.41) is 12.9. The minimum Gasteiger partial charge on any atom is -0.451 e. The average Bonchev–Trinajstić information content (AvgIpc) is 2.99. The number of rotatable bonds is 6. The van der Waals surface area contributed by atoms with Crippen LogP contribution < -0.4 is 5.32 Å². The molecule has 0 fully saturated rings. The van der Waals surface area contributed by atoms with E-state index in [9.17, 15) is 9.90 Å². The number of amides is 1. The van der Waals surface area contributed by atoms with E-state index in [1.807, 2.05) is 38.1 Å². The van der Waals surface area contributed by atoms with Crippen molar-refractivity contribution in [2.45, 2.75) is 33.2 Å². The van der Waals surface area contributed by atoms with Crippen molar-refractivity contribution in [2.24, 2.45) is 0 Å². The lowest BCUT2D eigenvalue weighted by Crippen LogP contribution is -2.14. The van der Waals surface area contributed by atoms with E-state index in [4.69, 9.17) is 9.15 Å². The fourth-order valence-electron chi connectivity index (χ4n) is 2.61. The molecule has 0 radical (unpaired) electrons. The molecule has 0 saturated heterocycles. The van der Waals surface area contributed by atoms with Gasteiger partial charge in [0.05, 0.1) is 19.3 Å². The average molecular weight is 339 g/mol. The highest BCUT2D eigenvalue weighted by Crippen LogP contribution is 2.28. The molecule has 2 N–H and O–H groups in total. The first-order chi connectivity index (χ1) is 12.1. The van der Waals surface area contributed by atoms with Gasteiger partial charge >= 0.3 is 0 Å². The van der Waals surface area contributed by atoms with E-state index in [2.05, 4.69) is 5.32 Å². The summed E-state index contributed by atoms with van der Waals surface area (Å²) in [4.78, 5) is 12.7. The van der Waals surface area contributed by atoms with E-state index < -0.39 is 0 Å². The van der Waals surface area contributed by atoms with Gasteiger partial charge in [0.15, 0.2) is 5.76 Å². The molecule has 5 nitrogen and oxygen atoms in total. The van der Waals surface area contributed by atoms with Crippen LogP contribution in [-0.4, -0.2) is 17.1 Å². The molecule has 1 heterocycles. The molecule has 0 aliphatic heterocycles. The summed E-state index contributed by atoms with van der Waals surface area (Å²) < 4.78 is 11.5. The van der Waals surface area contributed by atoms with Crippen LogP contribution in [0.5, 0.6) is 0 Å². The molecular formula is C20H21NO4. The van der Waals surface area contributed by atoms with Gasteiger partial charge in [0.1, 0.15) is 5.58 Å². The Morgan fingerprint density at radius 1 is 1.20 bits per heavy atom. The Bertz CT molecular complexity index is 882. The Labute approximate surface area is 146 Å². The zero-order valence-electron chi connectivity index (χ0n) is 14.3. The van der Waals surface area contributed by atoms with Gasteiger partial charge in [0.2, 0.25) is 0 Å². The topological polar surface area (TPSA) is 71.7 Å². The Kier molecular flexibility index (Phi) is 5.16. The Morgan fingerprint density at radius 2 is 2.00 bits per heavy atom. The second-order valence-corrected chi connectivity index (χ2v) is 6.08. The van der Waals surface area contributed by atoms with E-state index in [-0.39, 0.29) is 24.4 Å². The highest BCUT2D eigenvalue weighted by atomic mass is 16.5. The number of hydrogen-bond acceptors (Lipinski definition) is 4. The van der Waals surface area contributed by atoms with Gasteiger partial charge in [-0.05, 0) is 37.6 Å². The van der Waals surface area contributed by atoms with Crippen LogP contribution in [0.1, 0.15) is 35.5 Å². The number of aliphatic hydroxyl groups excluding tert-OH is 1. The third-order valence-electron chi connectivity index (χ3n) is 3.83. The van der Waals surface area contributed by atoms with E-state index in [1.165, 1.54) is 0 Å². The van der Waals surface area contributed by atoms with Crippen LogP contribution >= 0.6 is 0 Å². The van der Waals surface area contributed by atoms with E-state index in [1.54, 1.807) is 24.3 Å². The van der Waals surface area contributed by atoms with Gasteiger partial charge in [0.25, 0.3) is 5.91 Å². The normalized spacial score (nSPS) is 11.2. The van der Waals surface area contributed by atoms with Crippen LogP contribution in [0.2, 0.25) is 0 Å². The molecule has 3 aromatic rings. The van der Waals surface area contributed by atoms with Gasteiger partial charge in [-0.15, -0.1) is 0 Å². The standard InChI is InChI=1S/C20H21NO4/c1-13(2)24-12-17-16-8-3-4-9-18(16)25-19(17)20(23)21-15-7-5-6-14(10-15)11-22/h3-10,13,22H,11-12H2,1-2H3,(H,21,23). The van der Waals surface area contributed by atoms with Crippen molar-refractivity contribution in [3.8, 4) is 0 Å². The minimum atomic E-state index is -0.339. The lowest BCUT2D eigenvalue weighted by molar-refractivity contribution is 0.0648. The Balaban J connectivity index is 1.92. The summed E-state index contributed by atoms with van der Waals surface area (Å²) in [5.41, 5.74) is 2.72. The molecule has 5 heteroatoms. The number of aliphatic hydroxyl groups is 1. The Hall–Kier alpha value is -2.63. The van der Waals surface area contributed by atoms with Crippen molar-refractivity contribution >= 4 is 22.6 Å². The molecule has 1 aromatic heterocycles. The third-order valence-corrected chi connectivity index (χ3v) is 3.83. The minimum absolute atomic E-state index is 0.0470. The fraction of sp³-hybridized carbons (Fsp3) is 0.250. The molecule has 0 atom stereocenters. The van der Waals surface area contributed by atoms with E-state index in [0.29, 0.717) is 17.9 Å². The first-order valence-electron chi connectivity index (χ1n) is 8.21. The van der Waals surface area contributed by atoms with Crippen molar-refractivity contribution in [1.29, 1.82) is 0 Å². The van der Waals surface area contributed by atoms with Crippen molar-refractivity contribution in [3.05, 3.63) is 65.4 Å². The number of hydrogen-bond donors (Lipinski definition) is 2. The fourth-order valence-corrected chi connectivity index (χ4v) is 2.61. The number of nitrogens with one attached hydrogen (secondary N) is 1. The number of ether oxygens (including phenoxy) is 1. The smallest absolute Gasteiger partial charge is 0.291 e. The van der Waals surface area contributed by atoms with Crippen LogP contribution in [0, 0.1) is 0 Å². The predicted octanol–water partition coefficient (Wildman–Crippen LogP) is 4.10. The highest BCUT2D eigenvalue weighted by molar-refractivity contribution is 6.06. The van der Waals surface area contributed by atoms with Crippen LogP contribution in [0.25, 0.3) is 11.0 Å². The maximum absolute atomic E-state index is 12.7. The summed E-state index contributed by atoms with van der Waals surface area (Å²) in [6, 6.07) is 14.6. The zero-order valence-corrected chi connectivity index (χ0v) is 14.3. The third kappa shape index (κ3) is 3.90. The lowest BCUT2D eigenvalue weighted by Gasteiger charge is -2.09. The highest BCUT2D eigenvalue weighted by Gasteiger charge is 2.21. The van der Waals surface area contributed by atoms with E-state index in [0.717, 1.165) is 16.5 Å². The summed E-state index contributed by atoms with van der Waals surface area (Å²) in [6.07, 6.45) is 0.0470. The SMILES string of the molecule is CC(C)OCc1c(C(=O)Nc2cccc(CO)c2)oc2ccccc12. The van der Waals surface area contributed by atoms with E-state index >= 15 is 0 Å². The molecular weight excluding hydrogens is 318 g/mol. The quantitative estimate of drug-likeness (QED) is 0.709. The van der Waals surface area contributed by atoms with Gasteiger partial charge in [-0.3, -0.25) is 4.79 Å². The van der Waals surface area contributed by atoms with Crippen molar-refractivity contribution in [3.63, 3.8) is 0 Å².